The summed E-state index contributed by atoms with van der Waals surface area (Å²) < 4.78 is 9.91. The van der Waals surface area contributed by atoms with Gasteiger partial charge in [-0.3, -0.25) is 9.59 Å². The molecule has 0 radical (unpaired) electrons. The van der Waals surface area contributed by atoms with Gasteiger partial charge in [-0.1, -0.05) is 13.8 Å². The lowest BCUT2D eigenvalue weighted by Crippen LogP contribution is -2.26. The van der Waals surface area contributed by atoms with E-state index < -0.39 is 0 Å². The quantitative estimate of drug-likeness (QED) is 0.527. The van der Waals surface area contributed by atoms with Crippen LogP contribution in [0.1, 0.15) is 26.7 Å². The highest BCUT2D eigenvalue weighted by Gasteiger charge is 2.25. The highest BCUT2D eigenvalue weighted by molar-refractivity contribution is 5.77. The van der Waals surface area contributed by atoms with E-state index in [2.05, 4.69) is 0 Å². The second-order valence-corrected chi connectivity index (χ2v) is 3.99. The van der Waals surface area contributed by atoms with Crippen molar-refractivity contribution in [1.82, 2.24) is 0 Å². The Balaban J connectivity index is 2.59. The van der Waals surface area contributed by atoms with Crippen molar-refractivity contribution < 1.29 is 19.1 Å². The molecule has 0 aromatic carbocycles. The van der Waals surface area contributed by atoms with E-state index in [0.29, 0.717) is 13.2 Å². The zero-order chi connectivity index (χ0) is 9.90. The second kappa shape index (κ2) is 3.77. The van der Waals surface area contributed by atoms with E-state index in [4.69, 9.17) is 9.47 Å². The van der Waals surface area contributed by atoms with Gasteiger partial charge in [0.2, 0.25) is 0 Å². The van der Waals surface area contributed by atoms with Gasteiger partial charge in [-0.15, -0.1) is 0 Å². The highest BCUT2D eigenvalue weighted by Crippen LogP contribution is 2.18. The summed E-state index contributed by atoms with van der Waals surface area (Å²) in [5.74, 6) is -0.654. The van der Waals surface area contributed by atoms with E-state index in [-0.39, 0.29) is 30.2 Å². The van der Waals surface area contributed by atoms with Crippen molar-refractivity contribution >= 4 is 11.9 Å². The van der Waals surface area contributed by atoms with Gasteiger partial charge >= 0.3 is 11.9 Å². The van der Waals surface area contributed by atoms with Gasteiger partial charge in [0.25, 0.3) is 0 Å². The molecule has 74 valence electrons. The number of esters is 2. The number of hydrogen-bond donors (Lipinski definition) is 0. The van der Waals surface area contributed by atoms with E-state index in [1.807, 2.05) is 13.8 Å². The third kappa shape index (κ3) is 3.44. The van der Waals surface area contributed by atoms with Crippen LogP contribution in [0.4, 0.5) is 0 Å². The molecular formula is C9H14O4. The van der Waals surface area contributed by atoms with Crippen LogP contribution in [0.15, 0.2) is 0 Å². The van der Waals surface area contributed by atoms with E-state index in [0.717, 1.165) is 0 Å². The van der Waals surface area contributed by atoms with Crippen molar-refractivity contribution in [2.45, 2.75) is 26.7 Å². The van der Waals surface area contributed by atoms with Crippen molar-refractivity contribution in [2.75, 3.05) is 13.2 Å². The molecule has 4 heteroatoms. The van der Waals surface area contributed by atoms with E-state index in [9.17, 15) is 9.59 Å². The van der Waals surface area contributed by atoms with Gasteiger partial charge in [0.15, 0.2) is 0 Å². The molecule has 1 aliphatic rings. The number of carbonyl (C=O) groups excluding carboxylic acids is 2. The Bertz CT molecular complexity index is 198. The first kappa shape index (κ1) is 10.0. The summed E-state index contributed by atoms with van der Waals surface area (Å²) in [6.45, 7) is 4.38. The standard InChI is InChI=1S/C9H14O4/c1-9(2)5-12-7(10)3-4-8(11)13-6-9/h3-6H2,1-2H3. The fraction of sp³-hybridized carbons (Fsp3) is 0.778. The summed E-state index contributed by atoms with van der Waals surface area (Å²) in [6, 6.07) is 0. The molecular weight excluding hydrogens is 172 g/mol. The maximum absolute atomic E-state index is 11.0. The molecule has 0 saturated carbocycles. The van der Waals surface area contributed by atoms with Crippen LogP contribution in [-0.2, 0) is 19.1 Å². The molecule has 13 heavy (non-hydrogen) atoms. The summed E-state index contributed by atoms with van der Waals surface area (Å²) in [4.78, 5) is 22.0. The Labute approximate surface area is 77.2 Å². The van der Waals surface area contributed by atoms with Crippen LogP contribution in [-0.4, -0.2) is 25.2 Å². The molecule has 0 bridgehead atoms. The first-order valence-electron chi connectivity index (χ1n) is 4.31. The van der Waals surface area contributed by atoms with Crippen LogP contribution in [0.25, 0.3) is 0 Å². The van der Waals surface area contributed by atoms with E-state index in [1.54, 1.807) is 0 Å². The zero-order valence-electron chi connectivity index (χ0n) is 7.96. The monoisotopic (exact) mass is 186 g/mol. The predicted molar refractivity (Wildman–Crippen MR) is 44.9 cm³/mol. The molecule has 0 atom stereocenters. The number of ether oxygens (including phenoxy) is 2. The van der Waals surface area contributed by atoms with Crippen molar-refractivity contribution in [3.8, 4) is 0 Å². The third-order valence-corrected chi connectivity index (χ3v) is 1.78. The van der Waals surface area contributed by atoms with Gasteiger partial charge in [-0.25, -0.2) is 0 Å². The Morgan fingerprint density at radius 3 is 1.77 bits per heavy atom. The van der Waals surface area contributed by atoms with Crippen molar-refractivity contribution in [3.63, 3.8) is 0 Å². The molecule has 0 N–H and O–H groups in total. The Hall–Kier alpha value is -1.06. The van der Waals surface area contributed by atoms with Crippen LogP contribution in [0.3, 0.4) is 0 Å². The van der Waals surface area contributed by atoms with Crippen molar-refractivity contribution in [1.29, 1.82) is 0 Å². The Morgan fingerprint density at radius 2 is 1.38 bits per heavy atom. The predicted octanol–water partition coefficient (Wildman–Crippen LogP) is 0.893. The zero-order valence-corrected chi connectivity index (χ0v) is 7.96. The van der Waals surface area contributed by atoms with Crippen LogP contribution in [0.2, 0.25) is 0 Å². The molecule has 0 aromatic heterocycles. The van der Waals surface area contributed by atoms with E-state index in [1.165, 1.54) is 0 Å². The van der Waals surface area contributed by atoms with Crippen LogP contribution < -0.4 is 0 Å². The molecule has 0 amide bonds. The van der Waals surface area contributed by atoms with E-state index >= 15 is 0 Å². The van der Waals surface area contributed by atoms with Gasteiger partial charge in [0.05, 0.1) is 26.1 Å². The molecule has 0 spiro atoms. The number of rotatable bonds is 0. The minimum atomic E-state index is -0.327. The summed E-state index contributed by atoms with van der Waals surface area (Å²) in [6.07, 6.45) is 0.240. The number of cyclic esters (lactones) is 2. The summed E-state index contributed by atoms with van der Waals surface area (Å²) in [7, 11) is 0. The number of carbonyl (C=O) groups is 2. The molecule has 0 aliphatic carbocycles. The maximum atomic E-state index is 11.0. The van der Waals surface area contributed by atoms with Gasteiger partial charge in [-0.05, 0) is 0 Å². The summed E-state index contributed by atoms with van der Waals surface area (Å²) in [5, 5.41) is 0. The lowest BCUT2D eigenvalue weighted by Gasteiger charge is -2.21. The minimum absolute atomic E-state index is 0.120. The highest BCUT2D eigenvalue weighted by atomic mass is 16.6. The van der Waals surface area contributed by atoms with Crippen LogP contribution >= 0.6 is 0 Å². The fourth-order valence-corrected chi connectivity index (χ4v) is 0.942. The third-order valence-electron chi connectivity index (χ3n) is 1.78. The second-order valence-electron chi connectivity index (χ2n) is 3.99. The van der Waals surface area contributed by atoms with Gasteiger partial charge in [0, 0.05) is 5.41 Å². The average Bonchev–Trinajstić information content (AvgIpc) is 2.11. The van der Waals surface area contributed by atoms with Gasteiger partial charge in [0.1, 0.15) is 0 Å². The Kier molecular flexibility index (Phi) is 2.90. The molecule has 0 unspecified atom stereocenters. The maximum Gasteiger partial charge on any atom is 0.306 e. The molecule has 1 fully saturated rings. The van der Waals surface area contributed by atoms with Crippen LogP contribution in [0.5, 0.6) is 0 Å². The summed E-state index contributed by atoms with van der Waals surface area (Å²) in [5.41, 5.74) is -0.282. The van der Waals surface area contributed by atoms with Crippen LogP contribution in [0, 0.1) is 5.41 Å². The minimum Gasteiger partial charge on any atom is -0.465 e. The van der Waals surface area contributed by atoms with Crippen molar-refractivity contribution in [2.24, 2.45) is 5.41 Å². The fourth-order valence-electron chi connectivity index (χ4n) is 0.942. The van der Waals surface area contributed by atoms with Crippen molar-refractivity contribution in [3.05, 3.63) is 0 Å². The molecule has 1 rings (SSSR count). The average molecular weight is 186 g/mol. The molecule has 4 nitrogen and oxygen atoms in total. The topological polar surface area (TPSA) is 52.6 Å². The lowest BCUT2D eigenvalue weighted by atomic mass is 9.96. The Morgan fingerprint density at radius 1 is 1.00 bits per heavy atom. The number of hydrogen-bond acceptors (Lipinski definition) is 4. The molecule has 1 aliphatic heterocycles. The molecule has 0 aromatic rings. The normalized spacial score (nSPS) is 23.5. The molecule has 1 saturated heterocycles. The van der Waals surface area contributed by atoms with Gasteiger partial charge < -0.3 is 9.47 Å². The van der Waals surface area contributed by atoms with Gasteiger partial charge in [-0.2, -0.15) is 0 Å². The lowest BCUT2D eigenvalue weighted by molar-refractivity contribution is -0.147. The SMILES string of the molecule is CC1(C)COC(=O)CCC(=O)OC1. The largest absolute Gasteiger partial charge is 0.465 e. The molecule has 1 heterocycles. The smallest absolute Gasteiger partial charge is 0.306 e. The summed E-state index contributed by atoms with van der Waals surface area (Å²) >= 11 is 0. The first-order valence-corrected chi connectivity index (χ1v) is 4.31. The first-order chi connectivity index (χ1) is 5.99.